The molecule has 0 aliphatic carbocycles. The van der Waals surface area contributed by atoms with Gasteiger partial charge in [-0.2, -0.15) is 11.8 Å². The fraction of sp³-hybridized carbons (Fsp3) is 0.286. The maximum Gasteiger partial charge on any atom is 0.266 e. The van der Waals surface area contributed by atoms with Gasteiger partial charge in [-0.1, -0.05) is 23.2 Å². The molecule has 12 heteroatoms. The number of rotatable bonds is 12. The zero-order valence-corrected chi connectivity index (χ0v) is 21.6. The molecule has 0 amide bonds. The van der Waals surface area contributed by atoms with Crippen LogP contribution in [-0.2, 0) is 16.4 Å². The molecule has 0 fully saturated rings. The third-order valence-corrected chi connectivity index (χ3v) is 7.57. The molecule has 0 unspecified atom stereocenters. The van der Waals surface area contributed by atoms with Crippen LogP contribution >= 0.6 is 46.3 Å². The van der Waals surface area contributed by atoms with Gasteiger partial charge in [-0.25, -0.2) is 17.8 Å². The SMILES string of the molecule is CSCCNCCCc1cc(Cl)ccc1Oc1cc(F)c(S(=O)(=O)Nc2cscn2)cc1Cl. The largest absolute Gasteiger partial charge is 0.455 e. The molecule has 3 rings (SSSR count). The van der Waals surface area contributed by atoms with Gasteiger partial charge in [-0.3, -0.25) is 4.72 Å². The zero-order chi connectivity index (χ0) is 23.8. The van der Waals surface area contributed by atoms with Crippen molar-refractivity contribution in [3.05, 3.63) is 62.6 Å². The molecule has 3 aromatic rings. The first-order valence-electron chi connectivity index (χ1n) is 9.86. The van der Waals surface area contributed by atoms with Crippen molar-refractivity contribution in [1.82, 2.24) is 10.3 Å². The Hall–Kier alpha value is -1.56. The summed E-state index contributed by atoms with van der Waals surface area (Å²) in [4.78, 5) is 3.25. The number of anilines is 1. The van der Waals surface area contributed by atoms with Crippen LogP contribution in [0.15, 0.2) is 46.1 Å². The molecule has 1 aromatic heterocycles. The Balaban J connectivity index is 1.76. The average Bonchev–Trinajstić information content (AvgIpc) is 3.26. The van der Waals surface area contributed by atoms with Crippen molar-refractivity contribution >= 4 is 62.1 Å². The molecule has 2 N–H and O–H groups in total. The number of aryl methyl sites for hydroxylation is 1. The summed E-state index contributed by atoms with van der Waals surface area (Å²) in [5.74, 6) is 0.625. The smallest absolute Gasteiger partial charge is 0.266 e. The van der Waals surface area contributed by atoms with E-state index in [1.165, 1.54) is 22.2 Å². The maximum absolute atomic E-state index is 14.8. The lowest BCUT2D eigenvalue weighted by molar-refractivity contribution is 0.466. The molecule has 178 valence electrons. The Morgan fingerprint density at radius 2 is 2.00 bits per heavy atom. The van der Waals surface area contributed by atoms with Crippen molar-refractivity contribution in [2.45, 2.75) is 17.7 Å². The summed E-state index contributed by atoms with van der Waals surface area (Å²) in [6.45, 7) is 1.77. The Morgan fingerprint density at radius 1 is 1.18 bits per heavy atom. The molecule has 6 nitrogen and oxygen atoms in total. The van der Waals surface area contributed by atoms with E-state index in [9.17, 15) is 12.8 Å². The number of ether oxygens (including phenoxy) is 1. The highest BCUT2D eigenvalue weighted by Gasteiger charge is 2.23. The van der Waals surface area contributed by atoms with Crippen molar-refractivity contribution in [1.29, 1.82) is 0 Å². The van der Waals surface area contributed by atoms with Crippen molar-refractivity contribution < 1.29 is 17.5 Å². The predicted molar refractivity (Wildman–Crippen MR) is 135 cm³/mol. The molecule has 2 aromatic carbocycles. The Morgan fingerprint density at radius 3 is 2.73 bits per heavy atom. The number of thioether (sulfide) groups is 1. The van der Waals surface area contributed by atoms with Gasteiger partial charge in [0.1, 0.15) is 22.2 Å². The Labute approximate surface area is 210 Å². The summed E-state index contributed by atoms with van der Waals surface area (Å²) in [6, 6.07) is 7.12. The van der Waals surface area contributed by atoms with Gasteiger partial charge >= 0.3 is 0 Å². The first-order chi connectivity index (χ1) is 15.8. The van der Waals surface area contributed by atoms with Crippen molar-refractivity contribution in [2.75, 3.05) is 29.8 Å². The van der Waals surface area contributed by atoms with E-state index in [0.717, 1.165) is 43.0 Å². The molecule has 0 aliphatic rings. The summed E-state index contributed by atoms with van der Waals surface area (Å²) in [5, 5.41) is 5.36. The van der Waals surface area contributed by atoms with Crippen LogP contribution in [0.1, 0.15) is 12.0 Å². The van der Waals surface area contributed by atoms with Crippen molar-refractivity contribution in [3.63, 3.8) is 0 Å². The lowest BCUT2D eigenvalue weighted by atomic mass is 10.1. The van der Waals surface area contributed by atoms with E-state index in [2.05, 4.69) is 21.3 Å². The Bertz CT molecular complexity index is 1180. The fourth-order valence-corrected chi connectivity index (χ4v) is 5.37. The second kappa shape index (κ2) is 12.2. The fourth-order valence-electron chi connectivity index (χ4n) is 2.91. The average molecular weight is 551 g/mol. The second-order valence-electron chi connectivity index (χ2n) is 6.89. The molecule has 0 bridgehead atoms. The monoisotopic (exact) mass is 549 g/mol. The van der Waals surface area contributed by atoms with E-state index in [1.807, 2.05) is 0 Å². The van der Waals surface area contributed by atoms with E-state index in [0.29, 0.717) is 17.2 Å². The minimum absolute atomic E-state index is 0.00319. The van der Waals surface area contributed by atoms with Crippen LogP contribution in [-0.4, -0.2) is 38.5 Å². The number of nitrogens with zero attached hydrogens (tertiary/aromatic N) is 1. The van der Waals surface area contributed by atoms with Crippen LogP contribution in [0.2, 0.25) is 10.0 Å². The van der Waals surface area contributed by atoms with Gasteiger partial charge in [-0.05, 0) is 55.5 Å². The zero-order valence-electron chi connectivity index (χ0n) is 17.6. The molecule has 0 aliphatic heterocycles. The summed E-state index contributed by atoms with van der Waals surface area (Å²) >= 11 is 15.4. The van der Waals surface area contributed by atoms with E-state index in [-0.39, 0.29) is 16.6 Å². The lowest BCUT2D eigenvalue weighted by Crippen LogP contribution is -2.18. The highest BCUT2D eigenvalue weighted by Crippen LogP contribution is 2.36. The van der Waals surface area contributed by atoms with Gasteiger partial charge in [0.25, 0.3) is 10.0 Å². The summed E-state index contributed by atoms with van der Waals surface area (Å²) in [5.41, 5.74) is 2.30. The minimum atomic E-state index is -4.21. The summed E-state index contributed by atoms with van der Waals surface area (Å²) < 4.78 is 47.9. The molecule has 33 heavy (non-hydrogen) atoms. The highest BCUT2D eigenvalue weighted by molar-refractivity contribution is 7.98. The van der Waals surface area contributed by atoms with E-state index < -0.39 is 20.7 Å². The molecule has 0 saturated carbocycles. The molecule has 0 atom stereocenters. The number of aromatic nitrogens is 1. The number of benzene rings is 2. The van der Waals surface area contributed by atoms with Crippen LogP contribution < -0.4 is 14.8 Å². The number of thiazole rings is 1. The van der Waals surface area contributed by atoms with Gasteiger partial charge in [0.05, 0.1) is 10.5 Å². The van der Waals surface area contributed by atoms with Crippen LogP contribution in [0.3, 0.4) is 0 Å². The number of hydrogen-bond donors (Lipinski definition) is 2. The first-order valence-corrected chi connectivity index (χ1v) is 14.4. The van der Waals surface area contributed by atoms with Gasteiger partial charge in [-0.15, -0.1) is 11.3 Å². The van der Waals surface area contributed by atoms with Gasteiger partial charge in [0, 0.05) is 28.8 Å². The molecule has 0 radical (unpaired) electrons. The Kier molecular flexibility index (Phi) is 9.66. The normalized spacial score (nSPS) is 11.5. The van der Waals surface area contributed by atoms with Crippen LogP contribution in [0.4, 0.5) is 10.2 Å². The predicted octanol–water partition coefficient (Wildman–Crippen LogP) is 6.07. The highest BCUT2D eigenvalue weighted by atomic mass is 35.5. The van der Waals surface area contributed by atoms with Crippen LogP contribution in [0.25, 0.3) is 0 Å². The minimum Gasteiger partial charge on any atom is -0.455 e. The van der Waals surface area contributed by atoms with Gasteiger partial charge < -0.3 is 10.1 Å². The number of halogens is 3. The quantitative estimate of drug-likeness (QED) is 0.267. The maximum atomic E-state index is 14.8. The molecule has 0 spiro atoms. The second-order valence-corrected chi connectivity index (χ2v) is 11.1. The van der Waals surface area contributed by atoms with E-state index in [1.54, 1.807) is 30.0 Å². The van der Waals surface area contributed by atoms with Gasteiger partial charge in [0.2, 0.25) is 0 Å². The number of hydrogen-bond acceptors (Lipinski definition) is 7. The molecule has 0 saturated heterocycles. The summed E-state index contributed by atoms with van der Waals surface area (Å²) in [6.07, 6.45) is 3.60. The lowest BCUT2D eigenvalue weighted by Gasteiger charge is -2.14. The summed E-state index contributed by atoms with van der Waals surface area (Å²) in [7, 11) is -4.21. The molecule has 1 heterocycles. The standard InChI is InChI=1S/C21H22Cl2FN3O3S3/c1-31-8-7-25-6-2-3-14-9-15(22)4-5-18(14)30-19-11-17(24)20(10-16(19)23)33(28,29)27-21-12-32-13-26-21/h4-5,9-13,25,27H,2-3,6-8H2,1H3. The topological polar surface area (TPSA) is 80.3 Å². The third-order valence-electron chi connectivity index (χ3n) is 4.47. The van der Waals surface area contributed by atoms with E-state index >= 15 is 0 Å². The number of sulfonamides is 1. The molecular formula is C21H22Cl2FN3O3S3. The third kappa shape index (κ3) is 7.46. The first kappa shape index (κ1) is 26.1. The van der Waals surface area contributed by atoms with Crippen LogP contribution in [0, 0.1) is 5.82 Å². The van der Waals surface area contributed by atoms with E-state index in [4.69, 9.17) is 27.9 Å². The van der Waals surface area contributed by atoms with Crippen molar-refractivity contribution in [3.8, 4) is 11.5 Å². The number of nitrogens with one attached hydrogen (secondary N) is 2. The molecular weight excluding hydrogens is 528 g/mol. The van der Waals surface area contributed by atoms with Crippen LogP contribution in [0.5, 0.6) is 11.5 Å². The van der Waals surface area contributed by atoms with Crippen molar-refractivity contribution in [2.24, 2.45) is 0 Å². The van der Waals surface area contributed by atoms with Gasteiger partial charge in [0.15, 0.2) is 5.82 Å².